The highest BCUT2D eigenvalue weighted by Crippen LogP contribution is 2.37. The molecule has 0 saturated heterocycles. The second-order valence-corrected chi connectivity index (χ2v) is 6.76. The van der Waals surface area contributed by atoms with E-state index in [9.17, 15) is 13.2 Å². The predicted molar refractivity (Wildman–Crippen MR) is 65.9 cm³/mol. The quantitative estimate of drug-likeness (QED) is 0.736. The summed E-state index contributed by atoms with van der Waals surface area (Å²) >= 11 is 0. The van der Waals surface area contributed by atoms with Crippen molar-refractivity contribution >= 4 is 31.3 Å². The van der Waals surface area contributed by atoms with Crippen LogP contribution in [-0.2, 0) is 13.8 Å². The van der Waals surface area contributed by atoms with E-state index < -0.39 is 9.05 Å². The molecule has 0 N–H and O–H groups in total. The van der Waals surface area contributed by atoms with Crippen molar-refractivity contribution in [1.29, 1.82) is 0 Å². The van der Waals surface area contributed by atoms with E-state index in [1.165, 1.54) is 13.0 Å². The van der Waals surface area contributed by atoms with E-state index in [2.05, 4.69) is 0 Å². The molecule has 1 heterocycles. The maximum absolute atomic E-state index is 11.4. The van der Waals surface area contributed by atoms with Crippen molar-refractivity contribution in [2.24, 2.45) is 0 Å². The summed E-state index contributed by atoms with van der Waals surface area (Å²) in [6.07, 6.45) is 0. The molecule has 1 aliphatic rings. The van der Waals surface area contributed by atoms with Gasteiger partial charge in [-0.05, 0) is 23.8 Å². The fourth-order valence-electron chi connectivity index (χ4n) is 2.09. The number of hydrogen-bond donors (Lipinski definition) is 0. The van der Waals surface area contributed by atoms with Crippen molar-refractivity contribution in [3.05, 3.63) is 23.8 Å². The first-order valence-electron chi connectivity index (χ1n) is 5.17. The van der Waals surface area contributed by atoms with Crippen molar-refractivity contribution in [3.8, 4) is 0 Å². The topological polar surface area (TPSA) is 54.5 Å². The van der Waals surface area contributed by atoms with Gasteiger partial charge in [0.05, 0.1) is 4.90 Å². The van der Waals surface area contributed by atoms with Gasteiger partial charge in [-0.15, -0.1) is 0 Å². The van der Waals surface area contributed by atoms with Gasteiger partial charge < -0.3 is 4.90 Å². The summed E-state index contributed by atoms with van der Waals surface area (Å²) in [5.41, 5.74) is 1.62. The lowest BCUT2D eigenvalue weighted by molar-refractivity contribution is -0.116. The highest BCUT2D eigenvalue weighted by atomic mass is 35.7. The molecule has 1 amide bonds. The summed E-state index contributed by atoms with van der Waals surface area (Å²) in [5.74, 6) is 0.0735. The van der Waals surface area contributed by atoms with Crippen molar-refractivity contribution in [1.82, 2.24) is 0 Å². The van der Waals surface area contributed by atoms with Gasteiger partial charge in [0.25, 0.3) is 9.05 Å². The van der Waals surface area contributed by atoms with Gasteiger partial charge in [0.15, 0.2) is 0 Å². The largest absolute Gasteiger partial charge is 0.312 e. The van der Waals surface area contributed by atoms with Gasteiger partial charge in [-0.25, -0.2) is 8.42 Å². The highest BCUT2D eigenvalue weighted by Gasteiger charge is 2.29. The molecule has 0 saturated carbocycles. The van der Waals surface area contributed by atoms with Crippen LogP contribution in [0.4, 0.5) is 5.69 Å². The Bertz CT molecular complexity index is 582. The monoisotopic (exact) mass is 273 g/mol. The minimum atomic E-state index is -3.72. The molecule has 92 valence electrons. The number of carbonyl (C=O) groups excluding carboxylic acids is 1. The van der Waals surface area contributed by atoms with Gasteiger partial charge in [0, 0.05) is 35.8 Å². The first-order valence-corrected chi connectivity index (χ1v) is 7.48. The summed E-state index contributed by atoms with van der Waals surface area (Å²) in [6, 6.07) is 4.61. The molecule has 17 heavy (non-hydrogen) atoms. The van der Waals surface area contributed by atoms with Gasteiger partial charge in [0.1, 0.15) is 0 Å². The second-order valence-electron chi connectivity index (χ2n) is 4.19. The summed E-state index contributed by atoms with van der Waals surface area (Å²) in [5, 5.41) is 0. The molecule has 1 atom stereocenters. The first kappa shape index (κ1) is 12.4. The number of nitrogens with zero attached hydrogens (tertiary/aromatic N) is 1. The van der Waals surface area contributed by atoms with Crippen molar-refractivity contribution in [3.63, 3.8) is 0 Å². The van der Waals surface area contributed by atoms with E-state index in [1.54, 1.807) is 17.0 Å². The molecule has 0 aliphatic carbocycles. The molecule has 0 bridgehead atoms. The third-order valence-electron chi connectivity index (χ3n) is 2.94. The molecule has 6 heteroatoms. The predicted octanol–water partition coefficient (Wildman–Crippen LogP) is 2.08. The fraction of sp³-hybridized carbons (Fsp3) is 0.364. The van der Waals surface area contributed by atoms with Crippen LogP contribution in [0.2, 0.25) is 0 Å². The summed E-state index contributed by atoms with van der Waals surface area (Å²) < 4.78 is 22.5. The zero-order valence-corrected chi connectivity index (χ0v) is 11.0. The Morgan fingerprint density at radius 3 is 2.65 bits per heavy atom. The van der Waals surface area contributed by atoms with Crippen LogP contribution in [0, 0.1) is 0 Å². The Morgan fingerprint density at radius 1 is 1.47 bits per heavy atom. The molecule has 4 nitrogen and oxygen atoms in total. The minimum absolute atomic E-state index is 0.0444. The lowest BCUT2D eigenvalue weighted by Crippen LogP contribution is -2.26. The molecule has 2 rings (SSSR count). The van der Waals surface area contributed by atoms with Crippen LogP contribution in [0.1, 0.15) is 25.3 Å². The van der Waals surface area contributed by atoms with E-state index in [4.69, 9.17) is 10.7 Å². The molecule has 1 aromatic carbocycles. The maximum atomic E-state index is 11.4. The van der Waals surface area contributed by atoms with Crippen LogP contribution in [0.15, 0.2) is 23.1 Å². The number of rotatable bonds is 1. The third kappa shape index (κ3) is 2.17. The van der Waals surface area contributed by atoms with Gasteiger partial charge in [-0.3, -0.25) is 4.79 Å². The van der Waals surface area contributed by atoms with Crippen LogP contribution in [0.3, 0.4) is 0 Å². The lowest BCUT2D eigenvalue weighted by Gasteiger charge is -2.14. The van der Waals surface area contributed by atoms with Crippen molar-refractivity contribution in [2.75, 3.05) is 11.4 Å². The van der Waals surface area contributed by atoms with Gasteiger partial charge in [0.2, 0.25) is 5.91 Å². The smallest absolute Gasteiger partial charge is 0.261 e. The Morgan fingerprint density at radius 2 is 2.12 bits per heavy atom. The number of fused-ring (bicyclic) bond motifs is 1. The van der Waals surface area contributed by atoms with Crippen molar-refractivity contribution in [2.45, 2.75) is 24.7 Å². The summed E-state index contributed by atoms with van der Waals surface area (Å²) in [7, 11) is 1.58. The fourth-order valence-corrected chi connectivity index (χ4v) is 2.88. The van der Waals surface area contributed by atoms with Crippen LogP contribution in [0.25, 0.3) is 0 Å². The molecule has 0 radical (unpaired) electrons. The second kappa shape index (κ2) is 3.99. The van der Waals surface area contributed by atoms with Crippen LogP contribution >= 0.6 is 10.7 Å². The maximum Gasteiger partial charge on any atom is 0.261 e. The minimum Gasteiger partial charge on any atom is -0.312 e. The molecular formula is C11H12ClNO3S. The molecular weight excluding hydrogens is 262 g/mol. The van der Waals surface area contributed by atoms with Gasteiger partial charge in [-0.2, -0.15) is 0 Å². The average Bonchev–Trinajstić information content (AvgIpc) is 2.55. The summed E-state index contributed by atoms with van der Waals surface area (Å²) in [4.78, 5) is 13.1. The zero-order valence-electron chi connectivity index (χ0n) is 9.47. The third-order valence-corrected chi connectivity index (χ3v) is 4.29. The van der Waals surface area contributed by atoms with Gasteiger partial charge >= 0.3 is 0 Å². The van der Waals surface area contributed by atoms with Crippen molar-refractivity contribution < 1.29 is 13.2 Å². The SMILES string of the molecule is CC(=O)N1CC(C)c2cc(S(=O)(=O)Cl)ccc21. The number of amides is 1. The average molecular weight is 274 g/mol. The van der Waals surface area contributed by atoms with Crippen LogP contribution in [0.5, 0.6) is 0 Å². The van der Waals surface area contributed by atoms with Crippen LogP contribution < -0.4 is 4.90 Å². The number of halogens is 1. The number of anilines is 1. The normalized spacial score (nSPS) is 19.2. The van der Waals surface area contributed by atoms with E-state index in [-0.39, 0.29) is 16.7 Å². The molecule has 0 fully saturated rings. The standard InChI is InChI=1S/C11H12ClNO3S/c1-7-6-13(8(2)14)11-4-3-9(5-10(7)11)17(12,15)16/h3-5,7H,6H2,1-2H3. The van der Waals surface area contributed by atoms with E-state index in [1.807, 2.05) is 6.92 Å². The first-order chi connectivity index (χ1) is 7.80. The zero-order chi connectivity index (χ0) is 12.8. The number of carbonyl (C=O) groups is 1. The number of benzene rings is 1. The Labute approximate surface area is 105 Å². The molecule has 1 unspecified atom stereocenters. The molecule has 0 spiro atoms. The number of hydrogen-bond acceptors (Lipinski definition) is 3. The van der Waals surface area contributed by atoms with E-state index >= 15 is 0 Å². The molecule has 1 aromatic rings. The highest BCUT2D eigenvalue weighted by molar-refractivity contribution is 8.13. The Hall–Kier alpha value is -1.07. The van der Waals surface area contributed by atoms with E-state index in [0.717, 1.165) is 11.3 Å². The van der Waals surface area contributed by atoms with Gasteiger partial charge in [-0.1, -0.05) is 6.92 Å². The van der Waals surface area contributed by atoms with E-state index in [0.29, 0.717) is 6.54 Å². The molecule has 0 aromatic heterocycles. The Kier molecular flexibility index (Phi) is 2.91. The molecule has 1 aliphatic heterocycles. The Balaban J connectivity index is 2.55. The summed E-state index contributed by atoms with van der Waals surface area (Å²) in [6.45, 7) is 4.02. The van der Waals surface area contributed by atoms with Crippen LogP contribution in [-0.4, -0.2) is 20.9 Å². The lowest BCUT2D eigenvalue weighted by atomic mass is 10.0.